The first kappa shape index (κ1) is 12.2. The quantitative estimate of drug-likeness (QED) is 0.825. The number of anilines is 1. The Morgan fingerprint density at radius 3 is 2.47 bits per heavy atom. The molecule has 1 aliphatic heterocycles. The van der Waals surface area contributed by atoms with Crippen LogP contribution in [0.3, 0.4) is 0 Å². The van der Waals surface area contributed by atoms with Gasteiger partial charge in [0, 0.05) is 13.1 Å². The Bertz CT molecular complexity index is 415. The summed E-state index contributed by atoms with van der Waals surface area (Å²) in [5.41, 5.74) is 0.198. The van der Waals surface area contributed by atoms with Crippen molar-refractivity contribution < 1.29 is 9.90 Å². The molecule has 1 saturated heterocycles. The molecule has 1 aromatic heterocycles. The number of pyridine rings is 1. The number of halogens is 1. The molecule has 0 atom stereocenters. The summed E-state index contributed by atoms with van der Waals surface area (Å²) in [6.45, 7) is 1.85. The minimum atomic E-state index is -0.967. The lowest BCUT2D eigenvalue weighted by molar-refractivity contribution is 0.0697. The predicted molar refractivity (Wildman–Crippen MR) is 66.9 cm³/mol. The molecular weight excluding hydrogens is 240 g/mol. The summed E-state index contributed by atoms with van der Waals surface area (Å²) in [4.78, 5) is 17.3. The maximum Gasteiger partial charge on any atom is 0.335 e. The van der Waals surface area contributed by atoms with Crippen molar-refractivity contribution in [2.24, 2.45) is 0 Å². The van der Waals surface area contributed by atoms with E-state index in [1.165, 1.54) is 18.9 Å². The van der Waals surface area contributed by atoms with Crippen molar-refractivity contribution in [3.63, 3.8) is 0 Å². The lowest BCUT2D eigenvalue weighted by Crippen LogP contribution is -2.25. The summed E-state index contributed by atoms with van der Waals surface area (Å²) in [6.07, 6.45) is 4.69. The van der Waals surface area contributed by atoms with Gasteiger partial charge in [-0.15, -0.1) is 0 Å². The predicted octanol–water partition coefficient (Wildman–Crippen LogP) is 2.81. The molecule has 1 aromatic rings. The number of carboxylic acid groups (broad SMARTS) is 1. The van der Waals surface area contributed by atoms with Crippen molar-refractivity contribution >= 4 is 23.4 Å². The summed E-state index contributed by atoms with van der Waals surface area (Å²) in [6, 6.07) is 2.98. The summed E-state index contributed by atoms with van der Waals surface area (Å²) >= 11 is 5.85. The SMILES string of the molecule is O=C(O)c1cc(Cl)nc(N2CCCCCC2)c1. The first-order valence-corrected chi connectivity index (χ1v) is 6.20. The largest absolute Gasteiger partial charge is 0.478 e. The number of aromatic nitrogens is 1. The van der Waals surface area contributed by atoms with E-state index in [9.17, 15) is 4.79 Å². The molecule has 0 aromatic carbocycles. The first-order valence-electron chi connectivity index (χ1n) is 5.82. The van der Waals surface area contributed by atoms with Gasteiger partial charge in [-0.05, 0) is 25.0 Å². The van der Waals surface area contributed by atoms with E-state index in [2.05, 4.69) is 9.88 Å². The Balaban J connectivity index is 2.27. The average Bonchev–Trinajstić information content (AvgIpc) is 2.56. The van der Waals surface area contributed by atoms with Gasteiger partial charge in [0.15, 0.2) is 0 Å². The molecule has 1 fully saturated rings. The Morgan fingerprint density at radius 1 is 1.24 bits per heavy atom. The fourth-order valence-electron chi connectivity index (χ4n) is 2.07. The van der Waals surface area contributed by atoms with Crippen LogP contribution in [0.2, 0.25) is 5.15 Å². The molecule has 1 N–H and O–H groups in total. The second-order valence-electron chi connectivity index (χ2n) is 4.24. The van der Waals surface area contributed by atoms with Crippen LogP contribution in [-0.4, -0.2) is 29.1 Å². The third-order valence-corrected chi connectivity index (χ3v) is 3.15. The Kier molecular flexibility index (Phi) is 3.84. The van der Waals surface area contributed by atoms with Crippen LogP contribution in [-0.2, 0) is 0 Å². The van der Waals surface area contributed by atoms with Crippen LogP contribution in [0.4, 0.5) is 5.82 Å². The van der Waals surface area contributed by atoms with Crippen molar-refractivity contribution in [2.45, 2.75) is 25.7 Å². The van der Waals surface area contributed by atoms with Crippen LogP contribution in [0, 0.1) is 0 Å². The molecule has 17 heavy (non-hydrogen) atoms. The monoisotopic (exact) mass is 254 g/mol. The highest BCUT2D eigenvalue weighted by molar-refractivity contribution is 6.29. The third-order valence-electron chi connectivity index (χ3n) is 2.96. The van der Waals surface area contributed by atoms with E-state index in [0.29, 0.717) is 5.82 Å². The molecule has 0 aliphatic carbocycles. The minimum Gasteiger partial charge on any atom is -0.478 e. The van der Waals surface area contributed by atoms with Gasteiger partial charge < -0.3 is 10.0 Å². The maximum absolute atomic E-state index is 11.0. The molecule has 2 rings (SSSR count). The summed E-state index contributed by atoms with van der Waals surface area (Å²) in [5.74, 6) is -0.290. The number of hydrogen-bond donors (Lipinski definition) is 1. The van der Waals surface area contributed by atoms with Crippen molar-refractivity contribution in [1.82, 2.24) is 4.98 Å². The molecule has 0 unspecified atom stereocenters. The zero-order valence-electron chi connectivity index (χ0n) is 9.53. The van der Waals surface area contributed by atoms with Crippen molar-refractivity contribution in [2.75, 3.05) is 18.0 Å². The van der Waals surface area contributed by atoms with E-state index in [4.69, 9.17) is 16.7 Å². The van der Waals surface area contributed by atoms with E-state index in [1.807, 2.05) is 0 Å². The molecule has 2 heterocycles. The maximum atomic E-state index is 11.0. The molecule has 0 amide bonds. The Labute approximate surface area is 105 Å². The van der Waals surface area contributed by atoms with Crippen molar-refractivity contribution in [3.05, 3.63) is 22.8 Å². The van der Waals surface area contributed by atoms with E-state index in [0.717, 1.165) is 25.9 Å². The van der Waals surface area contributed by atoms with Crippen LogP contribution in [0.1, 0.15) is 36.0 Å². The van der Waals surface area contributed by atoms with Gasteiger partial charge in [-0.2, -0.15) is 0 Å². The highest BCUT2D eigenvalue weighted by atomic mass is 35.5. The molecule has 4 nitrogen and oxygen atoms in total. The van der Waals surface area contributed by atoms with E-state index >= 15 is 0 Å². The zero-order valence-corrected chi connectivity index (χ0v) is 10.3. The zero-order chi connectivity index (χ0) is 12.3. The van der Waals surface area contributed by atoms with Gasteiger partial charge in [0.05, 0.1) is 5.56 Å². The second kappa shape index (κ2) is 5.36. The van der Waals surface area contributed by atoms with Gasteiger partial charge in [-0.25, -0.2) is 9.78 Å². The van der Waals surface area contributed by atoms with Gasteiger partial charge in [-0.3, -0.25) is 0 Å². The normalized spacial score (nSPS) is 16.6. The number of hydrogen-bond acceptors (Lipinski definition) is 3. The standard InChI is InChI=1S/C12H15ClN2O2/c13-10-7-9(12(16)17)8-11(14-10)15-5-3-1-2-4-6-15/h7-8H,1-6H2,(H,16,17). The van der Waals surface area contributed by atoms with Crippen molar-refractivity contribution in [1.29, 1.82) is 0 Å². The van der Waals surface area contributed by atoms with Gasteiger partial charge in [-0.1, -0.05) is 24.4 Å². The molecule has 0 spiro atoms. The number of rotatable bonds is 2. The van der Waals surface area contributed by atoms with E-state index < -0.39 is 5.97 Å². The average molecular weight is 255 g/mol. The van der Waals surface area contributed by atoms with Gasteiger partial charge in [0.1, 0.15) is 11.0 Å². The van der Waals surface area contributed by atoms with Crippen LogP contribution >= 0.6 is 11.6 Å². The highest BCUT2D eigenvalue weighted by Gasteiger charge is 2.14. The molecule has 92 valence electrons. The molecule has 1 aliphatic rings. The first-order chi connectivity index (χ1) is 8.16. The van der Waals surface area contributed by atoms with E-state index in [1.54, 1.807) is 6.07 Å². The molecule has 0 saturated carbocycles. The lowest BCUT2D eigenvalue weighted by atomic mass is 10.2. The third kappa shape index (κ3) is 3.09. The van der Waals surface area contributed by atoms with Crippen LogP contribution in [0.15, 0.2) is 12.1 Å². The minimum absolute atomic E-state index is 0.198. The van der Waals surface area contributed by atoms with Gasteiger partial charge in [0.2, 0.25) is 0 Å². The van der Waals surface area contributed by atoms with E-state index in [-0.39, 0.29) is 10.7 Å². The number of nitrogens with zero attached hydrogens (tertiary/aromatic N) is 2. The van der Waals surface area contributed by atoms with Crippen LogP contribution in [0.5, 0.6) is 0 Å². The fourth-order valence-corrected chi connectivity index (χ4v) is 2.27. The summed E-state index contributed by atoms with van der Waals surface area (Å²) < 4.78 is 0. The smallest absolute Gasteiger partial charge is 0.335 e. The second-order valence-corrected chi connectivity index (χ2v) is 4.63. The molecule has 0 bridgehead atoms. The van der Waals surface area contributed by atoms with Crippen LogP contribution < -0.4 is 4.90 Å². The summed E-state index contributed by atoms with van der Waals surface area (Å²) in [5, 5.41) is 9.22. The Morgan fingerprint density at radius 2 is 1.88 bits per heavy atom. The summed E-state index contributed by atoms with van der Waals surface area (Å²) in [7, 11) is 0. The van der Waals surface area contributed by atoms with Gasteiger partial charge in [0.25, 0.3) is 0 Å². The van der Waals surface area contributed by atoms with Crippen molar-refractivity contribution in [3.8, 4) is 0 Å². The van der Waals surface area contributed by atoms with Crippen LogP contribution in [0.25, 0.3) is 0 Å². The molecule has 0 radical (unpaired) electrons. The highest BCUT2D eigenvalue weighted by Crippen LogP contribution is 2.21. The molecule has 5 heteroatoms. The topological polar surface area (TPSA) is 53.4 Å². The van der Waals surface area contributed by atoms with Gasteiger partial charge >= 0.3 is 5.97 Å². The Hall–Kier alpha value is -1.29. The number of aromatic carboxylic acids is 1. The molecular formula is C12H15ClN2O2. The fraction of sp³-hybridized carbons (Fsp3) is 0.500. The lowest BCUT2D eigenvalue weighted by Gasteiger charge is -2.21. The number of carboxylic acids is 1. The number of carbonyl (C=O) groups is 1.